The molecule has 94 valence electrons. The van der Waals surface area contributed by atoms with E-state index in [1.807, 2.05) is 18.2 Å². The Bertz CT molecular complexity index is 650. The number of rotatable bonds is 2. The first-order valence-electron chi connectivity index (χ1n) is 6.66. The first kappa shape index (κ1) is 11.8. The van der Waals surface area contributed by atoms with Gasteiger partial charge < -0.3 is 5.73 Å². The van der Waals surface area contributed by atoms with Crippen molar-refractivity contribution in [3.8, 4) is 11.1 Å². The molecule has 0 atom stereocenters. The molecule has 0 aliphatic heterocycles. The van der Waals surface area contributed by atoms with Crippen LogP contribution in [-0.4, -0.2) is 0 Å². The fraction of sp³-hybridized carbons (Fsp3) is 0.111. The second-order valence-corrected chi connectivity index (χ2v) is 4.79. The second kappa shape index (κ2) is 5.15. The molecule has 2 N–H and O–H groups in total. The molecule has 1 nitrogen and oxygen atoms in total. The number of nitrogen functional groups attached to an aromatic ring is 1. The van der Waals surface area contributed by atoms with Gasteiger partial charge in [0, 0.05) is 11.3 Å². The summed E-state index contributed by atoms with van der Waals surface area (Å²) >= 11 is 0. The largest absolute Gasteiger partial charge is 0.398 e. The van der Waals surface area contributed by atoms with Crippen LogP contribution in [0.25, 0.3) is 16.7 Å². The van der Waals surface area contributed by atoms with Crippen LogP contribution in [0.3, 0.4) is 0 Å². The first-order chi connectivity index (χ1) is 9.36. The van der Waals surface area contributed by atoms with E-state index in [-0.39, 0.29) is 0 Å². The summed E-state index contributed by atoms with van der Waals surface area (Å²) in [6.07, 6.45) is 8.78. The first-order valence-corrected chi connectivity index (χ1v) is 6.66. The van der Waals surface area contributed by atoms with Crippen LogP contribution in [0.15, 0.2) is 66.8 Å². The number of hydrogen-bond donors (Lipinski definition) is 1. The minimum absolute atomic E-state index is 0.835. The van der Waals surface area contributed by atoms with Crippen LogP contribution in [0.1, 0.15) is 18.4 Å². The molecule has 3 rings (SSSR count). The van der Waals surface area contributed by atoms with Crippen molar-refractivity contribution in [2.45, 2.75) is 12.8 Å². The highest BCUT2D eigenvalue weighted by Crippen LogP contribution is 2.34. The normalized spacial score (nSPS) is 14.2. The van der Waals surface area contributed by atoms with E-state index >= 15 is 0 Å². The Morgan fingerprint density at radius 3 is 2.16 bits per heavy atom. The van der Waals surface area contributed by atoms with Crippen LogP contribution < -0.4 is 5.73 Å². The summed E-state index contributed by atoms with van der Waals surface area (Å²) in [5, 5.41) is 0. The lowest BCUT2D eigenvalue weighted by Crippen LogP contribution is -1.95. The van der Waals surface area contributed by atoms with Crippen LogP contribution in [0.2, 0.25) is 0 Å². The molecule has 0 saturated carbocycles. The van der Waals surface area contributed by atoms with Gasteiger partial charge in [-0.05, 0) is 35.6 Å². The lowest BCUT2D eigenvalue weighted by Gasteiger charge is -2.15. The predicted molar refractivity (Wildman–Crippen MR) is 82.6 cm³/mol. The molecule has 2 aromatic carbocycles. The molecular weight excluding hydrogens is 230 g/mol. The van der Waals surface area contributed by atoms with Gasteiger partial charge in [-0.1, -0.05) is 60.7 Å². The van der Waals surface area contributed by atoms with Crippen molar-refractivity contribution >= 4 is 11.3 Å². The van der Waals surface area contributed by atoms with Gasteiger partial charge in [-0.2, -0.15) is 0 Å². The fourth-order valence-electron chi connectivity index (χ4n) is 2.57. The van der Waals surface area contributed by atoms with E-state index < -0.39 is 0 Å². The van der Waals surface area contributed by atoms with Crippen molar-refractivity contribution in [1.82, 2.24) is 0 Å². The molecule has 1 aliphatic carbocycles. The lowest BCUT2D eigenvalue weighted by molar-refractivity contribution is 1.05. The maximum Gasteiger partial charge on any atom is 0.0393 e. The van der Waals surface area contributed by atoms with E-state index in [9.17, 15) is 0 Å². The van der Waals surface area contributed by atoms with Gasteiger partial charge in [0.2, 0.25) is 0 Å². The minimum Gasteiger partial charge on any atom is -0.398 e. The summed E-state index contributed by atoms with van der Waals surface area (Å²) in [6, 6.07) is 16.6. The number of para-hydroxylation sites is 1. The Balaban J connectivity index is 2.15. The average Bonchev–Trinajstić information content (AvgIpc) is 2.49. The number of anilines is 1. The zero-order valence-electron chi connectivity index (χ0n) is 10.8. The Morgan fingerprint density at radius 1 is 0.789 bits per heavy atom. The summed E-state index contributed by atoms with van der Waals surface area (Å²) in [5.41, 5.74) is 12.0. The van der Waals surface area contributed by atoms with Crippen LogP contribution in [-0.2, 0) is 0 Å². The number of nitrogens with two attached hydrogens (primary N) is 1. The topological polar surface area (TPSA) is 26.0 Å². The Labute approximate surface area is 114 Å². The van der Waals surface area contributed by atoms with Crippen LogP contribution >= 0.6 is 0 Å². The SMILES string of the molecule is Nc1ccccc1-c1ccccc1C1=CC=CCC1. The van der Waals surface area contributed by atoms with Gasteiger partial charge in [0.1, 0.15) is 0 Å². The van der Waals surface area contributed by atoms with Gasteiger partial charge in [0.05, 0.1) is 0 Å². The molecule has 1 aliphatic rings. The Kier molecular flexibility index (Phi) is 3.20. The fourth-order valence-corrected chi connectivity index (χ4v) is 2.57. The van der Waals surface area contributed by atoms with Gasteiger partial charge in [-0.3, -0.25) is 0 Å². The van der Waals surface area contributed by atoms with Crippen molar-refractivity contribution in [3.63, 3.8) is 0 Å². The van der Waals surface area contributed by atoms with E-state index in [1.54, 1.807) is 0 Å². The third-order valence-corrected chi connectivity index (χ3v) is 3.54. The maximum absolute atomic E-state index is 6.12. The highest BCUT2D eigenvalue weighted by Gasteiger charge is 2.11. The molecule has 0 bridgehead atoms. The molecule has 0 aromatic heterocycles. The zero-order chi connectivity index (χ0) is 13.1. The smallest absolute Gasteiger partial charge is 0.0393 e. The van der Waals surface area contributed by atoms with E-state index in [4.69, 9.17) is 5.73 Å². The number of benzene rings is 2. The molecule has 0 amide bonds. The molecule has 0 heterocycles. The van der Waals surface area contributed by atoms with E-state index in [0.717, 1.165) is 24.1 Å². The monoisotopic (exact) mass is 247 g/mol. The molecule has 0 unspecified atom stereocenters. The molecule has 0 fully saturated rings. The Hall–Kier alpha value is -2.28. The molecule has 0 saturated heterocycles. The minimum atomic E-state index is 0.835. The van der Waals surface area contributed by atoms with Crippen molar-refractivity contribution in [3.05, 3.63) is 72.3 Å². The molecular formula is C18H17N. The van der Waals surface area contributed by atoms with Crippen molar-refractivity contribution < 1.29 is 0 Å². The van der Waals surface area contributed by atoms with Crippen molar-refractivity contribution in [2.24, 2.45) is 0 Å². The highest BCUT2D eigenvalue weighted by atomic mass is 14.6. The summed E-state index contributed by atoms with van der Waals surface area (Å²) in [4.78, 5) is 0. The van der Waals surface area contributed by atoms with E-state index in [1.165, 1.54) is 16.7 Å². The summed E-state index contributed by atoms with van der Waals surface area (Å²) in [7, 11) is 0. The number of hydrogen-bond acceptors (Lipinski definition) is 1. The van der Waals surface area contributed by atoms with Crippen LogP contribution in [0.5, 0.6) is 0 Å². The molecule has 1 heteroatoms. The Morgan fingerprint density at radius 2 is 1.47 bits per heavy atom. The van der Waals surface area contributed by atoms with Crippen LogP contribution in [0, 0.1) is 0 Å². The van der Waals surface area contributed by atoms with Gasteiger partial charge in [-0.25, -0.2) is 0 Å². The zero-order valence-corrected chi connectivity index (χ0v) is 10.8. The molecule has 2 aromatic rings. The lowest BCUT2D eigenvalue weighted by atomic mass is 9.90. The number of allylic oxidation sites excluding steroid dienone is 4. The molecule has 19 heavy (non-hydrogen) atoms. The quantitative estimate of drug-likeness (QED) is 0.767. The summed E-state index contributed by atoms with van der Waals surface area (Å²) < 4.78 is 0. The summed E-state index contributed by atoms with van der Waals surface area (Å²) in [6.45, 7) is 0. The average molecular weight is 247 g/mol. The van der Waals surface area contributed by atoms with Gasteiger partial charge in [-0.15, -0.1) is 0 Å². The summed E-state index contributed by atoms with van der Waals surface area (Å²) in [5.74, 6) is 0. The predicted octanol–water partition coefficient (Wildman–Crippen LogP) is 4.67. The van der Waals surface area contributed by atoms with E-state index in [2.05, 4.69) is 48.6 Å². The third kappa shape index (κ3) is 2.32. The van der Waals surface area contributed by atoms with Crippen molar-refractivity contribution in [1.29, 1.82) is 0 Å². The van der Waals surface area contributed by atoms with E-state index in [0.29, 0.717) is 0 Å². The van der Waals surface area contributed by atoms with Gasteiger partial charge >= 0.3 is 0 Å². The standard InChI is InChI=1S/C18H17N/c19-18-13-7-6-12-17(18)16-11-5-4-10-15(16)14-8-2-1-3-9-14/h1-2,4-8,10-13H,3,9,19H2. The van der Waals surface area contributed by atoms with Gasteiger partial charge in [0.15, 0.2) is 0 Å². The van der Waals surface area contributed by atoms with Crippen molar-refractivity contribution in [2.75, 3.05) is 5.73 Å². The van der Waals surface area contributed by atoms with Crippen LogP contribution in [0.4, 0.5) is 5.69 Å². The second-order valence-electron chi connectivity index (χ2n) is 4.79. The molecule has 0 spiro atoms. The van der Waals surface area contributed by atoms with Gasteiger partial charge in [0.25, 0.3) is 0 Å². The maximum atomic E-state index is 6.12. The highest BCUT2D eigenvalue weighted by molar-refractivity contribution is 5.87. The molecule has 0 radical (unpaired) electrons. The third-order valence-electron chi connectivity index (χ3n) is 3.54.